The van der Waals surface area contributed by atoms with E-state index in [1.54, 1.807) is 12.1 Å². The second-order valence-corrected chi connectivity index (χ2v) is 5.63. The third-order valence-corrected chi connectivity index (χ3v) is 3.71. The molecule has 9 nitrogen and oxygen atoms in total. The van der Waals surface area contributed by atoms with Gasteiger partial charge in [-0.1, -0.05) is 6.07 Å². The quantitative estimate of drug-likeness (QED) is 0.553. The van der Waals surface area contributed by atoms with Gasteiger partial charge >= 0.3 is 17.9 Å². The molecule has 0 bridgehead atoms. The molecule has 0 heterocycles. The molecule has 0 saturated heterocycles. The largest absolute Gasteiger partial charge is 0.482 e. The van der Waals surface area contributed by atoms with Crippen LogP contribution in [0.25, 0.3) is 0 Å². The number of carbonyl (C=O) groups is 4. The van der Waals surface area contributed by atoms with Crippen molar-refractivity contribution in [1.29, 1.82) is 0 Å². The molecular formula is C20H19NO8. The second kappa shape index (κ2) is 9.88. The first-order valence-electron chi connectivity index (χ1n) is 8.30. The zero-order chi connectivity index (χ0) is 21.4. The average molecular weight is 401 g/mol. The molecule has 2 aromatic carbocycles. The van der Waals surface area contributed by atoms with Crippen molar-refractivity contribution in [2.45, 2.75) is 0 Å². The number of anilines is 1. The molecule has 1 amide bonds. The molecule has 0 fully saturated rings. The maximum absolute atomic E-state index is 12.6. The lowest BCUT2D eigenvalue weighted by atomic mass is 10.1. The van der Waals surface area contributed by atoms with Gasteiger partial charge in [-0.25, -0.2) is 14.4 Å². The monoisotopic (exact) mass is 401 g/mol. The van der Waals surface area contributed by atoms with Crippen molar-refractivity contribution in [1.82, 2.24) is 0 Å². The number of ether oxygens (including phenoxy) is 4. The van der Waals surface area contributed by atoms with Crippen LogP contribution >= 0.6 is 0 Å². The highest BCUT2D eigenvalue weighted by Gasteiger charge is 2.16. The molecule has 0 aliphatic rings. The SMILES string of the molecule is COC(=O)COc1cccc(C(=O)Nc2cc(C(=O)OC)cc(C(=O)OC)c2)c1. The van der Waals surface area contributed by atoms with Crippen LogP contribution in [0.2, 0.25) is 0 Å². The minimum atomic E-state index is -0.676. The summed E-state index contributed by atoms with van der Waals surface area (Å²) in [7, 11) is 3.64. The Morgan fingerprint density at radius 2 is 1.41 bits per heavy atom. The Bertz CT molecular complexity index is 904. The molecule has 29 heavy (non-hydrogen) atoms. The standard InChI is InChI=1S/C20H19NO8/c1-26-17(22)11-29-16-6-4-5-12(10-16)18(23)21-15-8-13(19(24)27-2)7-14(9-15)20(25)28-3/h4-10H,11H2,1-3H3,(H,21,23). The Morgan fingerprint density at radius 3 is 1.97 bits per heavy atom. The van der Waals surface area contributed by atoms with Crippen LogP contribution in [0.3, 0.4) is 0 Å². The van der Waals surface area contributed by atoms with E-state index < -0.39 is 23.8 Å². The van der Waals surface area contributed by atoms with Crippen LogP contribution < -0.4 is 10.1 Å². The summed E-state index contributed by atoms with van der Waals surface area (Å²) in [5.74, 6) is -2.14. The summed E-state index contributed by atoms with van der Waals surface area (Å²) in [6, 6.07) is 10.2. The number of hydrogen-bond acceptors (Lipinski definition) is 8. The van der Waals surface area contributed by atoms with Gasteiger partial charge < -0.3 is 24.3 Å². The van der Waals surface area contributed by atoms with Gasteiger partial charge in [0.25, 0.3) is 5.91 Å². The number of hydrogen-bond donors (Lipinski definition) is 1. The Morgan fingerprint density at radius 1 is 0.793 bits per heavy atom. The summed E-state index contributed by atoms with van der Waals surface area (Å²) in [5.41, 5.74) is 0.566. The van der Waals surface area contributed by atoms with Gasteiger partial charge in [-0.15, -0.1) is 0 Å². The highest BCUT2D eigenvalue weighted by atomic mass is 16.6. The van der Waals surface area contributed by atoms with Crippen LogP contribution in [0.5, 0.6) is 5.75 Å². The maximum atomic E-state index is 12.6. The fourth-order valence-corrected chi connectivity index (χ4v) is 2.30. The first-order chi connectivity index (χ1) is 13.9. The van der Waals surface area contributed by atoms with Crippen molar-refractivity contribution in [2.75, 3.05) is 33.3 Å². The fourth-order valence-electron chi connectivity index (χ4n) is 2.30. The Kier molecular flexibility index (Phi) is 7.30. The normalized spacial score (nSPS) is 9.90. The number of methoxy groups -OCH3 is 3. The number of benzene rings is 2. The third kappa shape index (κ3) is 5.80. The molecule has 0 saturated carbocycles. The van der Waals surface area contributed by atoms with Crippen LogP contribution in [0.1, 0.15) is 31.1 Å². The topological polar surface area (TPSA) is 117 Å². The molecule has 9 heteroatoms. The van der Waals surface area contributed by atoms with Crippen LogP contribution in [-0.4, -0.2) is 51.8 Å². The predicted molar refractivity (Wildman–Crippen MR) is 101 cm³/mol. The van der Waals surface area contributed by atoms with Gasteiger partial charge in [0.15, 0.2) is 6.61 Å². The first-order valence-corrected chi connectivity index (χ1v) is 8.30. The molecule has 2 rings (SSSR count). The molecule has 0 aliphatic carbocycles. The number of amides is 1. The zero-order valence-corrected chi connectivity index (χ0v) is 16.0. The number of nitrogens with one attached hydrogen (secondary N) is 1. The average Bonchev–Trinajstić information content (AvgIpc) is 2.76. The van der Waals surface area contributed by atoms with Crippen molar-refractivity contribution in [3.63, 3.8) is 0 Å². The van der Waals surface area contributed by atoms with Crippen molar-refractivity contribution in [3.8, 4) is 5.75 Å². The number of rotatable bonds is 7. The van der Waals surface area contributed by atoms with Crippen LogP contribution in [-0.2, 0) is 19.0 Å². The fraction of sp³-hybridized carbons (Fsp3) is 0.200. The van der Waals surface area contributed by atoms with E-state index in [-0.39, 0.29) is 29.0 Å². The molecule has 1 N–H and O–H groups in total. The van der Waals surface area contributed by atoms with Gasteiger partial charge in [-0.05, 0) is 36.4 Å². The maximum Gasteiger partial charge on any atom is 0.343 e. The van der Waals surface area contributed by atoms with Gasteiger partial charge in [0.1, 0.15) is 5.75 Å². The number of carbonyl (C=O) groups excluding carboxylic acids is 4. The Hall–Kier alpha value is -3.88. The summed E-state index contributed by atoms with van der Waals surface area (Å²) in [6.07, 6.45) is 0. The number of esters is 3. The minimum absolute atomic E-state index is 0.0702. The third-order valence-electron chi connectivity index (χ3n) is 3.71. The Balaban J connectivity index is 2.24. The summed E-state index contributed by atoms with van der Waals surface area (Å²) in [5, 5.41) is 2.60. The van der Waals surface area contributed by atoms with Crippen molar-refractivity contribution in [2.24, 2.45) is 0 Å². The summed E-state index contributed by atoms with van der Waals surface area (Å²) in [6.45, 7) is -0.300. The van der Waals surface area contributed by atoms with Crippen LogP contribution in [0, 0.1) is 0 Å². The molecule has 0 aliphatic heterocycles. The first kappa shape index (κ1) is 21.4. The van der Waals surface area contributed by atoms with E-state index in [9.17, 15) is 19.2 Å². The van der Waals surface area contributed by atoms with E-state index in [0.717, 1.165) is 0 Å². The second-order valence-electron chi connectivity index (χ2n) is 5.63. The molecule has 0 aromatic heterocycles. The van der Waals surface area contributed by atoms with E-state index in [4.69, 9.17) is 4.74 Å². The Labute approximate surface area is 166 Å². The summed E-state index contributed by atoms with van der Waals surface area (Å²) in [4.78, 5) is 47.4. The van der Waals surface area contributed by atoms with Crippen molar-refractivity contribution < 1.29 is 38.1 Å². The van der Waals surface area contributed by atoms with Crippen LogP contribution in [0.4, 0.5) is 5.69 Å². The zero-order valence-electron chi connectivity index (χ0n) is 16.0. The lowest BCUT2D eigenvalue weighted by molar-refractivity contribution is -0.142. The highest BCUT2D eigenvalue weighted by molar-refractivity contribution is 6.06. The van der Waals surface area contributed by atoms with Gasteiger partial charge in [0.2, 0.25) is 0 Å². The van der Waals surface area contributed by atoms with E-state index in [2.05, 4.69) is 19.5 Å². The molecule has 0 atom stereocenters. The minimum Gasteiger partial charge on any atom is -0.482 e. The van der Waals surface area contributed by atoms with Gasteiger partial charge in [0, 0.05) is 11.3 Å². The van der Waals surface area contributed by atoms with Crippen molar-refractivity contribution in [3.05, 3.63) is 59.2 Å². The summed E-state index contributed by atoms with van der Waals surface area (Å²) >= 11 is 0. The summed E-state index contributed by atoms with van der Waals surface area (Å²) < 4.78 is 19.1. The smallest absolute Gasteiger partial charge is 0.343 e. The van der Waals surface area contributed by atoms with E-state index in [1.807, 2.05) is 0 Å². The van der Waals surface area contributed by atoms with E-state index in [0.29, 0.717) is 5.75 Å². The molecule has 0 radical (unpaired) electrons. The van der Waals surface area contributed by atoms with Gasteiger partial charge in [0.05, 0.1) is 32.5 Å². The molecule has 0 unspecified atom stereocenters. The van der Waals surface area contributed by atoms with E-state index >= 15 is 0 Å². The lowest BCUT2D eigenvalue weighted by Gasteiger charge is -2.10. The van der Waals surface area contributed by atoms with Crippen LogP contribution in [0.15, 0.2) is 42.5 Å². The molecule has 152 valence electrons. The predicted octanol–water partition coefficient (Wildman–Crippen LogP) is 2.06. The van der Waals surface area contributed by atoms with Crippen molar-refractivity contribution >= 4 is 29.5 Å². The van der Waals surface area contributed by atoms with E-state index in [1.165, 1.54) is 51.7 Å². The highest BCUT2D eigenvalue weighted by Crippen LogP contribution is 2.19. The molecular weight excluding hydrogens is 382 g/mol. The van der Waals surface area contributed by atoms with Gasteiger partial charge in [-0.3, -0.25) is 4.79 Å². The molecule has 2 aromatic rings. The molecule has 0 spiro atoms. The lowest BCUT2D eigenvalue weighted by Crippen LogP contribution is -2.15. The van der Waals surface area contributed by atoms with Gasteiger partial charge in [-0.2, -0.15) is 0 Å².